The Balaban J connectivity index is 2.05. The van der Waals surface area contributed by atoms with Gasteiger partial charge in [0, 0.05) is 11.1 Å². The van der Waals surface area contributed by atoms with E-state index in [0.29, 0.717) is 17.0 Å². The fourth-order valence-corrected chi connectivity index (χ4v) is 2.25. The fourth-order valence-electron chi connectivity index (χ4n) is 2.25. The van der Waals surface area contributed by atoms with Crippen molar-refractivity contribution in [2.24, 2.45) is 5.84 Å². The quantitative estimate of drug-likeness (QED) is 0.560. The Kier molecular flexibility index (Phi) is 4.18. The second-order valence-electron chi connectivity index (χ2n) is 5.05. The maximum atomic E-state index is 12.7. The van der Waals surface area contributed by atoms with E-state index in [4.69, 9.17) is 5.84 Å². The summed E-state index contributed by atoms with van der Waals surface area (Å²) < 4.78 is 38.0. The number of hydrogen-bond acceptors (Lipinski definition) is 4. The van der Waals surface area contributed by atoms with Crippen molar-refractivity contribution in [3.8, 4) is 22.5 Å². The smallest absolute Gasteiger partial charge is 0.292 e. The zero-order chi connectivity index (χ0) is 17.2. The van der Waals surface area contributed by atoms with Gasteiger partial charge in [0.25, 0.3) is 0 Å². The van der Waals surface area contributed by atoms with Crippen LogP contribution in [0.25, 0.3) is 22.5 Å². The van der Waals surface area contributed by atoms with Gasteiger partial charge in [0.15, 0.2) is 0 Å². The molecule has 0 spiro atoms. The molecule has 3 aromatic rings. The molecule has 3 rings (SSSR count). The molecule has 3 N–H and O–H groups in total. The fraction of sp³-hybridized carbons (Fsp3) is 0.0588. The van der Waals surface area contributed by atoms with Gasteiger partial charge in [-0.05, 0) is 18.2 Å². The number of hydrazine groups is 1. The molecule has 0 radical (unpaired) electrons. The third-order valence-corrected chi connectivity index (χ3v) is 3.43. The number of alkyl halides is 3. The number of rotatable bonds is 3. The highest BCUT2D eigenvalue weighted by atomic mass is 19.4. The lowest BCUT2D eigenvalue weighted by molar-refractivity contribution is -0.137. The van der Waals surface area contributed by atoms with Crippen LogP contribution in [0.1, 0.15) is 5.56 Å². The Labute approximate surface area is 136 Å². The molecule has 1 heterocycles. The number of nitrogens with two attached hydrogens (primary N) is 1. The maximum Gasteiger partial charge on any atom is 0.416 e. The molecule has 0 saturated heterocycles. The standard InChI is InChI=1S/C17H13F3N4/c18-17(19,20)13-8-6-12(7-9-13)15-10-14(22-16(23-15)24-21)11-4-2-1-3-5-11/h1-10H,21H2,(H,22,23,24). The monoisotopic (exact) mass is 330 g/mol. The Morgan fingerprint density at radius 3 is 1.83 bits per heavy atom. The first kappa shape index (κ1) is 15.9. The van der Waals surface area contributed by atoms with Crippen molar-refractivity contribution < 1.29 is 13.2 Å². The summed E-state index contributed by atoms with van der Waals surface area (Å²) >= 11 is 0. The van der Waals surface area contributed by atoms with Crippen LogP contribution in [0.5, 0.6) is 0 Å². The van der Waals surface area contributed by atoms with Gasteiger partial charge in [-0.2, -0.15) is 13.2 Å². The van der Waals surface area contributed by atoms with Crippen LogP contribution in [0.3, 0.4) is 0 Å². The van der Waals surface area contributed by atoms with Crippen molar-refractivity contribution in [1.29, 1.82) is 0 Å². The van der Waals surface area contributed by atoms with Gasteiger partial charge in [0.2, 0.25) is 5.95 Å². The van der Waals surface area contributed by atoms with Gasteiger partial charge in [0.1, 0.15) is 0 Å². The molecule has 0 aliphatic rings. The van der Waals surface area contributed by atoms with Gasteiger partial charge in [-0.3, -0.25) is 5.43 Å². The van der Waals surface area contributed by atoms with Crippen LogP contribution in [0.2, 0.25) is 0 Å². The average molecular weight is 330 g/mol. The molecule has 0 saturated carbocycles. The molecule has 0 atom stereocenters. The molecule has 0 unspecified atom stereocenters. The van der Waals surface area contributed by atoms with Gasteiger partial charge >= 0.3 is 6.18 Å². The number of anilines is 1. The Morgan fingerprint density at radius 1 is 0.792 bits per heavy atom. The van der Waals surface area contributed by atoms with Crippen molar-refractivity contribution in [2.75, 3.05) is 5.43 Å². The molecule has 2 aromatic carbocycles. The molecular formula is C17H13F3N4. The maximum absolute atomic E-state index is 12.7. The molecule has 0 amide bonds. The summed E-state index contributed by atoms with van der Waals surface area (Å²) in [5, 5.41) is 0. The molecule has 24 heavy (non-hydrogen) atoms. The average Bonchev–Trinajstić information content (AvgIpc) is 2.61. The third kappa shape index (κ3) is 3.36. The molecule has 0 aliphatic carbocycles. The van der Waals surface area contributed by atoms with E-state index in [0.717, 1.165) is 17.7 Å². The van der Waals surface area contributed by atoms with Crippen molar-refractivity contribution >= 4 is 5.95 Å². The first-order valence-corrected chi connectivity index (χ1v) is 7.06. The lowest BCUT2D eigenvalue weighted by Gasteiger charge is -2.10. The molecular weight excluding hydrogens is 317 g/mol. The largest absolute Gasteiger partial charge is 0.416 e. The number of nitrogen functional groups attached to an aromatic ring is 1. The second kappa shape index (κ2) is 6.29. The van der Waals surface area contributed by atoms with Crippen LogP contribution < -0.4 is 11.3 Å². The molecule has 4 nitrogen and oxygen atoms in total. The highest BCUT2D eigenvalue weighted by Crippen LogP contribution is 2.31. The minimum absolute atomic E-state index is 0.186. The van der Waals surface area contributed by atoms with E-state index >= 15 is 0 Å². The van der Waals surface area contributed by atoms with Crippen molar-refractivity contribution in [1.82, 2.24) is 9.97 Å². The van der Waals surface area contributed by atoms with E-state index in [1.807, 2.05) is 30.3 Å². The highest BCUT2D eigenvalue weighted by Gasteiger charge is 2.30. The number of benzene rings is 2. The number of hydrogen-bond donors (Lipinski definition) is 2. The van der Waals surface area contributed by atoms with Crippen LogP contribution in [0, 0.1) is 0 Å². The molecule has 0 aliphatic heterocycles. The topological polar surface area (TPSA) is 63.8 Å². The van der Waals surface area contributed by atoms with Gasteiger partial charge < -0.3 is 0 Å². The normalized spacial score (nSPS) is 11.3. The molecule has 0 fully saturated rings. The highest BCUT2D eigenvalue weighted by molar-refractivity contribution is 5.69. The van der Waals surface area contributed by atoms with Crippen LogP contribution in [-0.4, -0.2) is 9.97 Å². The first-order valence-electron chi connectivity index (χ1n) is 7.06. The van der Waals surface area contributed by atoms with E-state index in [2.05, 4.69) is 15.4 Å². The number of halogens is 3. The first-order chi connectivity index (χ1) is 11.5. The van der Waals surface area contributed by atoms with Crippen LogP contribution in [0.4, 0.5) is 19.1 Å². The van der Waals surface area contributed by atoms with Crippen LogP contribution >= 0.6 is 0 Å². The number of aromatic nitrogens is 2. The van der Waals surface area contributed by atoms with E-state index in [1.54, 1.807) is 6.07 Å². The van der Waals surface area contributed by atoms with Crippen LogP contribution in [0.15, 0.2) is 60.7 Å². The lowest BCUT2D eigenvalue weighted by Crippen LogP contribution is -2.11. The van der Waals surface area contributed by atoms with Gasteiger partial charge in [-0.25, -0.2) is 15.8 Å². The van der Waals surface area contributed by atoms with E-state index in [9.17, 15) is 13.2 Å². The minimum Gasteiger partial charge on any atom is -0.292 e. The molecule has 1 aromatic heterocycles. The third-order valence-electron chi connectivity index (χ3n) is 3.43. The summed E-state index contributed by atoms with van der Waals surface area (Å²) in [5.41, 5.74) is 4.16. The Morgan fingerprint density at radius 2 is 1.33 bits per heavy atom. The molecule has 7 heteroatoms. The zero-order valence-corrected chi connectivity index (χ0v) is 12.4. The Hall–Kier alpha value is -2.93. The Bertz CT molecular complexity index is 831. The van der Waals surface area contributed by atoms with E-state index in [-0.39, 0.29) is 5.95 Å². The predicted molar refractivity (Wildman–Crippen MR) is 85.7 cm³/mol. The summed E-state index contributed by atoms with van der Waals surface area (Å²) in [7, 11) is 0. The van der Waals surface area contributed by atoms with Crippen LogP contribution in [-0.2, 0) is 6.18 Å². The van der Waals surface area contributed by atoms with Crippen molar-refractivity contribution in [2.45, 2.75) is 6.18 Å². The van der Waals surface area contributed by atoms with Gasteiger partial charge in [0.05, 0.1) is 17.0 Å². The number of nitrogens with one attached hydrogen (secondary N) is 1. The van der Waals surface area contributed by atoms with E-state index < -0.39 is 11.7 Å². The van der Waals surface area contributed by atoms with Crippen molar-refractivity contribution in [3.63, 3.8) is 0 Å². The molecule has 0 bridgehead atoms. The summed E-state index contributed by atoms with van der Waals surface area (Å²) in [6.45, 7) is 0. The van der Waals surface area contributed by atoms with Gasteiger partial charge in [-0.15, -0.1) is 0 Å². The minimum atomic E-state index is -4.37. The summed E-state index contributed by atoms with van der Waals surface area (Å²) in [6.07, 6.45) is -4.37. The van der Waals surface area contributed by atoms with E-state index in [1.165, 1.54) is 12.1 Å². The van der Waals surface area contributed by atoms with Gasteiger partial charge in [-0.1, -0.05) is 42.5 Å². The second-order valence-corrected chi connectivity index (χ2v) is 5.05. The SMILES string of the molecule is NNc1nc(-c2ccccc2)cc(-c2ccc(C(F)(F)F)cc2)n1. The molecule has 122 valence electrons. The summed E-state index contributed by atoms with van der Waals surface area (Å²) in [5.74, 6) is 5.59. The summed E-state index contributed by atoms with van der Waals surface area (Å²) in [6, 6.07) is 15.9. The number of nitrogens with zero attached hydrogens (tertiary/aromatic N) is 2. The predicted octanol–water partition coefficient (Wildman–Crippen LogP) is 4.12. The summed E-state index contributed by atoms with van der Waals surface area (Å²) in [4.78, 5) is 8.49. The van der Waals surface area contributed by atoms with Crippen molar-refractivity contribution in [3.05, 3.63) is 66.2 Å². The lowest BCUT2D eigenvalue weighted by atomic mass is 10.1. The zero-order valence-electron chi connectivity index (χ0n) is 12.4.